The van der Waals surface area contributed by atoms with Crippen molar-refractivity contribution in [1.29, 1.82) is 0 Å². The van der Waals surface area contributed by atoms with Crippen molar-refractivity contribution in [2.75, 3.05) is 0 Å². The average molecular weight is 298 g/mol. The number of carbonyl (C=O) groups excluding carboxylic acids is 1. The lowest BCUT2D eigenvalue weighted by Crippen LogP contribution is -2.31. The molecular weight excluding hydrogens is 284 g/mol. The summed E-state index contributed by atoms with van der Waals surface area (Å²) in [6.45, 7) is 0.536. The fourth-order valence-corrected chi connectivity index (χ4v) is 2.81. The van der Waals surface area contributed by atoms with Crippen molar-refractivity contribution >= 4 is 28.0 Å². The van der Waals surface area contributed by atoms with Crippen molar-refractivity contribution < 1.29 is 4.79 Å². The highest BCUT2D eigenvalue weighted by Crippen LogP contribution is 2.08. The molecule has 0 aliphatic heterocycles. The molecule has 0 aliphatic rings. The van der Waals surface area contributed by atoms with E-state index in [-0.39, 0.29) is 18.0 Å². The van der Waals surface area contributed by atoms with Gasteiger partial charge < -0.3 is 9.88 Å². The van der Waals surface area contributed by atoms with E-state index >= 15 is 0 Å². The zero-order chi connectivity index (χ0) is 14.7. The van der Waals surface area contributed by atoms with Crippen LogP contribution in [0.4, 0.5) is 0 Å². The Kier molecular flexibility index (Phi) is 3.83. The van der Waals surface area contributed by atoms with Crippen LogP contribution < -0.4 is 10.9 Å². The molecule has 0 fully saturated rings. The van der Waals surface area contributed by atoms with Crippen molar-refractivity contribution in [3.8, 4) is 0 Å². The Morgan fingerprint density at radius 1 is 1.14 bits per heavy atom. The number of nitrogens with one attached hydrogen (secondary N) is 1. The number of benzene rings is 1. The first-order valence-electron chi connectivity index (χ1n) is 6.61. The summed E-state index contributed by atoms with van der Waals surface area (Å²) in [7, 11) is 0. The van der Waals surface area contributed by atoms with Crippen LogP contribution in [0, 0.1) is 0 Å². The van der Waals surface area contributed by atoms with Crippen molar-refractivity contribution in [2.45, 2.75) is 13.1 Å². The number of hydrogen-bond acceptors (Lipinski definition) is 3. The number of carbonyl (C=O) groups is 1. The number of nitrogens with zero attached hydrogens (tertiary/aromatic N) is 1. The van der Waals surface area contributed by atoms with E-state index in [9.17, 15) is 9.59 Å². The van der Waals surface area contributed by atoms with Crippen molar-refractivity contribution in [1.82, 2.24) is 9.88 Å². The molecule has 3 aromatic rings. The molecule has 106 valence electrons. The maximum atomic E-state index is 12.3. The van der Waals surface area contributed by atoms with Gasteiger partial charge in [-0.05, 0) is 29.0 Å². The molecule has 0 radical (unpaired) electrons. The summed E-state index contributed by atoms with van der Waals surface area (Å²) in [4.78, 5) is 25.3. The minimum absolute atomic E-state index is 0.0367. The van der Waals surface area contributed by atoms with Gasteiger partial charge in [-0.15, -0.1) is 11.3 Å². The standard InChI is InChI=1S/C16H14N2O2S/c19-15(17-10-13-5-3-9-21-13)11-18-8-7-12-4-1-2-6-14(12)16(18)20/h1-9H,10-11H2,(H,17,19). The Labute approximate surface area is 125 Å². The smallest absolute Gasteiger partial charge is 0.258 e. The Hall–Kier alpha value is -2.40. The second-order valence-corrected chi connectivity index (χ2v) is 5.72. The zero-order valence-electron chi connectivity index (χ0n) is 11.3. The molecule has 1 amide bonds. The molecule has 0 bridgehead atoms. The molecule has 0 spiro atoms. The SMILES string of the molecule is O=C(Cn1ccc2ccccc2c1=O)NCc1cccs1. The Morgan fingerprint density at radius 3 is 2.81 bits per heavy atom. The third-order valence-electron chi connectivity index (χ3n) is 3.24. The summed E-state index contributed by atoms with van der Waals surface area (Å²) in [5.41, 5.74) is -0.139. The highest BCUT2D eigenvalue weighted by atomic mass is 32.1. The second-order valence-electron chi connectivity index (χ2n) is 4.69. The summed E-state index contributed by atoms with van der Waals surface area (Å²) >= 11 is 1.59. The minimum atomic E-state index is -0.166. The van der Waals surface area contributed by atoms with Gasteiger partial charge in [-0.1, -0.05) is 24.3 Å². The molecule has 4 nitrogen and oxygen atoms in total. The number of hydrogen-bond donors (Lipinski definition) is 1. The van der Waals surface area contributed by atoms with Gasteiger partial charge in [0.1, 0.15) is 6.54 Å². The maximum absolute atomic E-state index is 12.3. The van der Waals surface area contributed by atoms with E-state index in [0.717, 1.165) is 10.3 Å². The van der Waals surface area contributed by atoms with E-state index in [1.807, 2.05) is 41.8 Å². The Balaban J connectivity index is 1.74. The van der Waals surface area contributed by atoms with Gasteiger partial charge in [-0.3, -0.25) is 9.59 Å². The zero-order valence-corrected chi connectivity index (χ0v) is 12.1. The molecule has 1 aromatic carbocycles. The number of rotatable bonds is 4. The normalized spacial score (nSPS) is 10.7. The molecule has 2 aromatic heterocycles. The lowest BCUT2D eigenvalue weighted by molar-refractivity contribution is -0.121. The van der Waals surface area contributed by atoms with Gasteiger partial charge in [0.15, 0.2) is 0 Å². The van der Waals surface area contributed by atoms with Gasteiger partial charge in [0.25, 0.3) is 5.56 Å². The fourth-order valence-electron chi connectivity index (χ4n) is 2.16. The van der Waals surface area contributed by atoms with Crippen LogP contribution in [0.15, 0.2) is 58.8 Å². The van der Waals surface area contributed by atoms with Crippen molar-refractivity contribution in [2.24, 2.45) is 0 Å². The van der Waals surface area contributed by atoms with Gasteiger partial charge >= 0.3 is 0 Å². The molecule has 0 saturated carbocycles. The third kappa shape index (κ3) is 3.03. The number of amides is 1. The highest BCUT2D eigenvalue weighted by Gasteiger charge is 2.07. The average Bonchev–Trinajstić information content (AvgIpc) is 3.02. The molecule has 5 heteroatoms. The summed E-state index contributed by atoms with van der Waals surface area (Å²) in [6.07, 6.45) is 1.66. The van der Waals surface area contributed by atoms with E-state index in [4.69, 9.17) is 0 Å². The number of aromatic nitrogens is 1. The molecule has 21 heavy (non-hydrogen) atoms. The van der Waals surface area contributed by atoms with Crippen LogP contribution in [-0.4, -0.2) is 10.5 Å². The van der Waals surface area contributed by atoms with E-state index < -0.39 is 0 Å². The second kappa shape index (κ2) is 5.93. The number of fused-ring (bicyclic) bond motifs is 1. The van der Waals surface area contributed by atoms with Crippen LogP contribution in [0.2, 0.25) is 0 Å². The quantitative estimate of drug-likeness (QED) is 0.804. The molecule has 3 rings (SSSR count). The Bertz CT molecular complexity index is 822. The lowest BCUT2D eigenvalue weighted by atomic mass is 10.2. The van der Waals surface area contributed by atoms with Crippen LogP contribution in [0.5, 0.6) is 0 Å². The summed E-state index contributed by atoms with van der Waals surface area (Å²) in [5, 5.41) is 6.31. The van der Waals surface area contributed by atoms with Gasteiger partial charge in [-0.2, -0.15) is 0 Å². The molecule has 0 saturated heterocycles. The van der Waals surface area contributed by atoms with Crippen LogP contribution >= 0.6 is 11.3 Å². The molecule has 0 atom stereocenters. The van der Waals surface area contributed by atoms with Crippen LogP contribution in [0.1, 0.15) is 4.88 Å². The minimum Gasteiger partial charge on any atom is -0.350 e. The lowest BCUT2D eigenvalue weighted by Gasteiger charge is -2.07. The molecule has 0 aliphatic carbocycles. The van der Waals surface area contributed by atoms with Gasteiger partial charge in [0.05, 0.1) is 6.54 Å². The van der Waals surface area contributed by atoms with E-state index in [0.29, 0.717) is 11.9 Å². The summed E-state index contributed by atoms with van der Waals surface area (Å²) in [5.74, 6) is -0.166. The van der Waals surface area contributed by atoms with Crippen LogP contribution in [0.25, 0.3) is 10.8 Å². The van der Waals surface area contributed by atoms with E-state index in [2.05, 4.69) is 5.32 Å². The Morgan fingerprint density at radius 2 is 2.00 bits per heavy atom. The largest absolute Gasteiger partial charge is 0.350 e. The third-order valence-corrected chi connectivity index (χ3v) is 4.12. The monoisotopic (exact) mass is 298 g/mol. The number of pyridine rings is 1. The molecule has 2 heterocycles. The topological polar surface area (TPSA) is 51.1 Å². The molecular formula is C16H14N2O2S. The first-order valence-corrected chi connectivity index (χ1v) is 7.49. The first kappa shape index (κ1) is 13.6. The predicted octanol–water partition coefficient (Wildman–Crippen LogP) is 2.38. The first-order chi connectivity index (χ1) is 10.2. The fraction of sp³-hybridized carbons (Fsp3) is 0.125. The number of thiophene rings is 1. The van der Waals surface area contributed by atoms with Gasteiger partial charge in [0.2, 0.25) is 5.91 Å². The van der Waals surface area contributed by atoms with E-state index in [1.165, 1.54) is 4.57 Å². The van der Waals surface area contributed by atoms with Gasteiger partial charge in [0, 0.05) is 16.5 Å². The summed E-state index contributed by atoms with van der Waals surface area (Å²) < 4.78 is 1.44. The van der Waals surface area contributed by atoms with Crippen LogP contribution in [-0.2, 0) is 17.9 Å². The van der Waals surface area contributed by atoms with Crippen LogP contribution in [0.3, 0.4) is 0 Å². The summed E-state index contributed by atoms with van der Waals surface area (Å²) in [6, 6.07) is 13.1. The maximum Gasteiger partial charge on any atom is 0.258 e. The molecule has 0 unspecified atom stereocenters. The predicted molar refractivity (Wildman–Crippen MR) is 84.4 cm³/mol. The van der Waals surface area contributed by atoms with Crippen molar-refractivity contribution in [3.63, 3.8) is 0 Å². The van der Waals surface area contributed by atoms with Crippen molar-refractivity contribution in [3.05, 3.63) is 69.3 Å². The van der Waals surface area contributed by atoms with Gasteiger partial charge in [-0.25, -0.2) is 0 Å². The highest BCUT2D eigenvalue weighted by molar-refractivity contribution is 7.09. The molecule has 1 N–H and O–H groups in total. The van der Waals surface area contributed by atoms with E-state index in [1.54, 1.807) is 23.6 Å².